The number of aryl methyl sites for hydroxylation is 1. The predicted octanol–water partition coefficient (Wildman–Crippen LogP) is 1.85. The fourth-order valence-electron chi connectivity index (χ4n) is 1.43. The summed E-state index contributed by atoms with van der Waals surface area (Å²) in [6.07, 6.45) is -0.816. The van der Waals surface area contributed by atoms with E-state index in [2.05, 4.69) is 19.9 Å². The molecule has 2 N–H and O–H groups in total. The minimum Gasteiger partial charge on any atom is -0.491 e. The second-order valence-corrected chi connectivity index (χ2v) is 4.33. The lowest BCUT2D eigenvalue weighted by Gasteiger charge is -2.14. The fraction of sp³-hybridized carbons (Fsp3) is 0.538. The van der Waals surface area contributed by atoms with Crippen LogP contribution in [0.2, 0.25) is 0 Å². The van der Waals surface area contributed by atoms with Gasteiger partial charge in [-0.15, -0.1) is 0 Å². The Morgan fingerprint density at radius 1 is 1.31 bits per heavy atom. The van der Waals surface area contributed by atoms with Crippen LogP contribution in [-0.4, -0.2) is 29.5 Å². The number of aliphatic hydroxyl groups is 2. The molecule has 0 bridgehead atoms. The van der Waals surface area contributed by atoms with E-state index >= 15 is 0 Å². The molecule has 0 aliphatic heterocycles. The second-order valence-electron chi connectivity index (χ2n) is 4.33. The molecule has 0 aliphatic carbocycles. The predicted molar refractivity (Wildman–Crippen MR) is 63.9 cm³/mol. The molecule has 1 atom stereocenters. The molecule has 90 valence electrons. The van der Waals surface area contributed by atoms with Crippen LogP contribution in [0.15, 0.2) is 18.2 Å². The van der Waals surface area contributed by atoms with Crippen molar-refractivity contribution >= 4 is 0 Å². The topological polar surface area (TPSA) is 49.7 Å². The van der Waals surface area contributed by atoms with Crippen molar-refractivity contribution in [2.45, 2.75) is 32.8 Å². The molecule has 1 unspecified atom stereocenters. The van der Waals surface area contributed by atoms with Crippen LogP contribution in [0.4, 0.5) is 0 Å². The maximum atomic E-state index is 9.18. The van der Waals surface area contributed by atoms with Crippen molar-refractivity contribution in [3.8, 4) is 5.75 Å². The number of hydrogen-bond donors (Lipinski definition) is 2. The summed E-state index contributed by atoms with van der Waals surface area (Å²) < 4.78 is 5.41. The van der Waals surface area contributed by atoms with Gasteiger partial charge in [0.15, 0.2) is 0 Å². The monoisotopic (exact) mass is 224 g/mol. The minimum absolute atomic E-state index is 0.123. The summed E-state index contributed by atoms with van der Waals surface area (Å²) in [6, 6.07) is 6.03. The van der Waals surface area contributed by atoms with Crippen molar-refractivity contribution in [2.75, 3.05) is 13.2 Å². The molecular weight excluding hydrogens is 204 g/mol. The van der Waals surface area contributed by atoms with Gasteiger partial charge < -0.3 is 14.9 Å². The lowest BCUT2D eigenvalue weighted by atomic mass is 10.0. The number of ether oxygens (including phenoxy) is 1. The Bertz CT molecular complexity index is 334. The van der Waals surface area contributed by atoms with Gasteiger partial charge in [-0.2, -0.15) is 0 Å². The van der Waals surface area contributed by atoms with Gasteiger partial charge in [0.1, 0.15) is 18.5 Å². The highest BCUT2D eigenvalue weighted by Gasteiger charge is 2.07. The van der Waals surface area contributed by atoms with Crippen LogP contribution in [0, 0.1) is 6.92 Å². The summed E-state index contributed by atoms with van der Waals surface area (Å²) in [5.74, 6) is 1.26. The third kappa shape index (κ3) is 3.51. The van der Waals surface area contributed by atoms with Gasteiger partial charge in [0.05, 0.1) is 6.61 Å². The maximum Gasteiger partial charge on any atom is 0.122 e. The molecule has 0 aliphatic rings. The Morgan fingerprint density at radius 2 is 2.00 bits per heavy atom. The molecule has 0 amide bonds. The molecule has 1 aromatic rings. The lowest BCUT2D eigenvalue weighted by Crippen LogP contribution is -2.21. The van der Waals surface area contributed by atoms with Gasteiger partial charge in [0.2, 0.25) is 0 Å². The standard InChI is InChI=1S/C13H20O3/c1-9(2)11-4-5-13(10(3)6-11)16-8-12(15)7-14/h4-6,9,12,14-15H,7-8H2,1-3H3. The Morgan fingerprint density at radius 3 is 2.50 bits per heavy atom. The highest BCUT2D eigenvalue weighted by molar-refractivity contribution is 5.37. The number of rotatable bonds is 5. The van der Waals surface area contributed by atoms with Crippen molar-refractivity contribution in [1.29, 1.82) is 0 Å². The van der Waals surface area contributed by atoms with E-state index in [1.165, 1.54) is 5.56 Å². The first kappa shape index (κ1) is 13.0. The van der Waals surface area contributed by atoms with E-state index < -0.39 is 6.10 Å². The van der Waals surface area contributed by atoms with Crippen molar-refractivity contribution in [3.63, 3.8) is 0 Å². The number of aliphatic hydroxyl groups excluding tert-OH is 2. The maximum absolute atomic E-state index is 9.18. The molecule has 0 spiro atoms. The lowest BCUT2D eigenvalue weighted by molar-refractivity contribution is 0.0534. The van der Waals surface area contributed by atoms with Gasteiger partial charge in [-0.05, 0) is 30.0 Å². The fourth-order valence-corrected chi connectivity index (χ4v) is 1.43. The van der Waals surface area contributed by atoms with E-state index in [4.69, 9.17) is 9.84 Å². The second kappa shape index (κ2) is 5.87. The first-order valence-corrected chi connectivity index (χ1v) is 5.57. The summed E-state index contributed by atoms with van der Waals surface area (Å²) in [5.41, 5.74) is 2.32. The normalized spacial score (nSPS) is 12.9. The highest BCUT2D eigenvalue weighted by atomic mass is 16.5. The smallest absolute Gasteiger partial charge is 0.122 e. The minimum atomic E-state index is -0.816. The zero-order chi connectivity index (χ0) is 12.1. The molecule has 16 heavy (non-hydrogen) atoms. The van der Waals surface area contributed by atoms with Crippen molar-refractivity contribution in [3.05, 3.63) is 29.3 Å². The third-order valence-corrected chi connectivity index (χ3v) is 2.51. The Kier molecular flexibility index (Phi) is 4.77. The van der Waals surface area contributed by atoms with E-state index in [1.807, 2.05) is 19.1 Å². The third-order valence-electron chi connectivity index (χ3n) is 2.51. The molecule has 1 rings (SSSR count). The molecule has 0 fully saturated rings. The van der Waals surface area contributed by atoms with Crippen molar-refractivity contribution < 1.29 is 14.9 Å². The van der Waals surface area contributed by atoms with E-state index in [9.17, 15) is 5.11 Å². The van der Waals surface area contributed by atoms with Gasteiger partial charge in [-0.1, -0.05) is 26.0 Å². The molecule has 0 aromatic heterocycles. The molecule has 3 nitrogen and oxygen atoms in total. The summed E-state index contributed by atoms with van der Waals surface area (Å²) in [7, 11) is 0. The average molecular weight is 224 g/mol. The zero-order valence-electron chi connectivity index (χ0n) is 10.1. The quantitative estimate of drug-likeness (QED) is 0.802. The van der Waals surface area contributed by atoms with Crippen LogP contribution in [-0.2, 0) is 0 Å². The average Bonchev–Trinajstić information content (AvgIpc) is 2.26. The van der Waals surface area contributed by atoms with Crippen molar-refractivity contribution in [1.82, 2.24) is 0 Å². The van der Waals surface area contributed by atoms with E-state index in [0.717, 1.165) is 11.3 Å². The van der Waals surface area contributed by atoms with E-state index in [1.54, 1.807) is 0 Å². The van der Waals surface area contributed by atoms with E-state index in [0.29, 0.717) is 5.92 Å². The van der Waals surface area contributed by atoms with Crippen LogP contribution >= 0.6 is 0 Å². The summed E-state index contributed by atoms with van der Waals surface area (Å²) in [5, 5.41) is 17.8. The van der Waals surface area contributed by atoms with Crippen LogP contribution < -0.4 is 4.74 Å². The van der Waals surface area contributed by atoms with Gasteiger partial charge >= 0.3 is 0 Å². The number of hydrogen-bond acceptors (Lipinski definition) is 3. The Labute approximate surface area is 96.7 Å². The van der Waals surface area contributed by atoms with E-state index in [-0.39, 0.29) is 13.2 Å². The van der Waals surface area contributed by atoms with Gasteiger partial charge in [-0.25, -0.2) is 0 Å². The molecule has 0 heterocycles. The summed E-state index contributed by atoms with van der Waals surface area (Å²) in [6.45, 7) is 6.11. The molecular formula is C13H20O3. The van der Waals surface area contributed by atoms with Gasteiger partial charge in [-0.3, -0.25) is 0 Å². The van der Waals surface area contributed by atoms with Crippen LogP contribution in [0.25, 0.3) is 0 Å². The molecule has 0 saturated heterocycles. The van der Waals surface area contributed by atoms with Crippen LogP contribution in [0.3, 0.4) is 0 Å². The molecule has 0 saturated carbocycles. The SMILES string of the molecule is Cc1cc(C(C)C)ccc1OCC(O)CO. The molecule has 0 radical (unpaired) electrons. The Balaban J connectivity index is 2.68. The first-order valence-electron chi connectivity index (χ1n) is 5.57. The summed E-state index contributed by atoms with van der Waals surface area (Å²) >= 11 is 0. The van der Waals surface area contributed by atoms with Gasteiger partial charge in [0.25, 0.3) is 0 Å². The zero-order valence-corrected chi connectivity index (χ0v) is 10.1. The number of benzene rings is 1. The Hall–Kier alpha value is -1.06. The van der Waals surface area contributed by atoms with Crippen molar-refractivity contribution in [2.24, 2.45) is 0 Å². The first-order chi connectivity index (χ1) is 7.54. The van der Waals surface area contributed by atoms with Crippen LogP contribution in [0.5, 0.6) is 5.75 Å². The molecule has 1 aromatic carbocycles. The van der Waals surface area contributed by atoms with Gasteiger partial charge in [0, 0.05) is 0 Å². The summed E-state index contributed by atoms with van der Waals surface area (Å²) in [4.78, 5) is 0. The largest absolute Gasteiger partial charge is 0.491 e. The highest BCUT2D eigenvalue weighted by Crippen LogP contribution is 2.23. The molecule has 3 heteroatoms. The van der Waals surface area contributed by atoms with Crippen LogP contribution in [0.1, 0.15) is 30.9 Å².